The molecular formula is C17H25N3O4. The number of carbonyl (C=O) groups excluding carboxylic acids is 1. The van der Waals surface area contributed by atoms with Gasteiger partial charge in [-0.05, 0) is 38.5 Å². The molecule has 1 aliphatic heterocycles. The molecule has 1 aromatic rings. The second-order valence-corrected chi connectivity index (χ2v) is 6.84. The Labute approximate surface area is 142 Å². The molecule has 0 aromatic carbocycles. The fraction of sp³-hybridized carbons (Fsp3) is 0.588. The summed E-state index contributed by atoms with van der Waals surface area (Å²) in [5.41, 5.74) is 0.193. The SMILES string of the molecule is CC(C)(C)N(C(=O)O)[C@@H](Cc1ccncc1)C(=O)N1CCOCC1. The van der Waals surface area contributed by atoms with Crippen LogP contribution in [-0.2, 0) is 16.0 Å². The van der Waals surface area contributed by atoms with Crippen LogP contribution in [-0.4, -0.2) is 69.8 Å². The lowest BCUT2D eigenvalue weighted by molar-refractivity contribution is -0.142. The normalized spacial score (nSPS) is 16.5. The average molecular weight is 335 g/mol. The van der Waals surface area contributed by atoms with Crippen LogP contribution in [0.2, 0.25) is 0 Å². The van der Waals surface area contributed by atoms with E-state index in [1.165, 1.54) is 4.90 Å². The predicted molar refractivity (Wildman–Crippen MR) is 88.7 cm³/mol. The first-order chi connectivity index (χ1) is 11.3. The summed E-state index contributed by atoms with van der Waals surface area (Å²) >= 11 is 0. The zero-order valence-corrected chi connectivity index (χ0v) is 14.4. The number of pyridine rings is 1. The number of carbonyl (C=O) groups is 2. The van der Waals surface area contributed by atoms with E-state index in [0.717, 1.165) is 5.56 Å². The predicted octanol–water partition coefficient (Wildman–Crippen LogP) is 1.63. The maximum absolute atomic E-state index is 13.0. The highest BCUT2D eigenvalue weighted by molar-refractivity contribution is 5.86. The van der Waals surface area contributed by atoms with E-state index in [4.69, 9.17) is 4.74 Å². The van der Waals surface area contributed by atoms with Crippen LogP contribution in [0.15, 0.2) is 24.5 Å². The van der Waals surface area contributed by atoms with Crippen molar-refractivity contribution in [2.45, 2.75) is 38.8 Å². The Morgan fingerprint density at radius 2 is 1.88 bits per heavy atom. The number of morpholine rings is 1. The van der Waals surface area contributed by atoms with Gasteiger partial charge in [0.1, 0.15) is 6.04 Å². The molecular weight excluding hydrogens is 310 g/mol. The summed E-state index contributed by atoms with van der Waals surface area (Å²) in [5, 5.41) is 9.72. The molecule has 1 saturated heterocycles. The third-order valence-electron chi connectivity index (χ3n) is 4.03. The average Bonchev–Trinajstić information content (AvgIpc) is 2.53. The lowest BCUT2D eigenvalue weighted by Gasteiger charge is -2.41. The molecule has 0 bridgehead atoms. The Morgan fingerprint density at radius 3 is 2.38 bits per heavy atom. The van der Waals surface area contributed by atoms with Crippen LogP contribution in [0.3, 0.4) is 0 Å². The van der Waals surface area contributed by atoms with Gasteiger partial charge in [-0.25, -0.2) is 4.79 Å². The molecule has 2 heterocycles. The van der Waals surface area contributed by atoms with Gasteiger partial charge in [-0.2, -0.15) is 0 Å². The van der Waals surface area contributed by atoms with Crippen LogP contribution in [0.25, 0.3) is 0 Å². The summed E-state index contributed by atoms with van der Waals surface area (Å²) in [6, 6.07) is 2.84. The molecule has 1 fully saturated rings. The highest BCUT2D eigenvalue weighted by atomic mass is 16.5. The van der Waals surface area contributed by atoms with Gasteiger partial charge >= 0.3 is 6.09 Å². The van der Waals surface area contributed by atoms with E-state index >= 15 is 0 Å². The zero-order valence-electron chi connectivity index (χ0n) is 14.4. The minimum Gasteiger partial charge on any atom is -0.465 e. The second kappa shape index (κ2) is 7.61. The third-order valence-corrected chi connectivity index (χ3v) is 4.03. The van der Waals surface area contributed by atoms with Gasteiger partial charge in [0, 0.05) is 37.4 Å². The van der Waals surface area contributed by atoms with Crippen molar-refractivity contribution in [3.05, 3.63) is 30.1 Å². The van der Waals surface area contributed by atoms with E-state index in [1.54, 1.807) is 38.1 Å². The summed E-state index contributed by atoms with van der Waals surface area (Å²) in [6.45, 7) is 7.34. The van der Waals surface area contributed by atoms with E-state index in [2.05, 4.69) is 4.98 Å². The Kier molecular flexibility index (Phi) is 5.77. The monoisotopic (exact) mass is 335 g/mol. The zero-order chi connectivity index (χ0) is 17.7. The van der Waals surface area contributed by atoms with E-state index in [0.29, 0.717) is 32.7 Å². The summed E-state index contributed by atoms with van der Waals surface area (Å²) in [7, 11) is 0. The van der Waals surface area contributed by atoms with Gasteiger partial charge < -0.3 is 14.7 Å². The van der Waals surface area contributed by atoms with Gasteiger partial charge in [-0.15, -0.1) is 0 Å². The molecule has 1 atom stereocenters. The second-order valence-electron chi connectivity index (χ2n) is 6.84. The molecule has 2 amide bonds. The fourth-order valence-electron chi connectivity index (χ4n) is 2.91. The smallest absolute Gasteiger partial charge is 0.408 e. The van der Waals surface area contributed by atoms with Gasteiger partial charge in [0.15, 0.2) is 0 Å². The topological polar surface area (TPSA) is 83.0 Å². The van der Waals surface area contributed by atoms with Gasteiger partial charge in [0.2, 0.25) is 5.91 Å². The molecule has 0 spiro atoms. The number of hydrogen-bond donors (Lipinski definition) is 1. The summed E-state index contributed by atoms with van der Waals surface area (Å²) in [4.78, 5) is 31.8. The highest BCUT2D eigenvalue weighted by Crippen LogP contribution is 2.22. The number of nitrogens with zero attached hydrogens (tertiary/aromatic N) is 3. The molecule has 1 aromatic heterocycles. The minimum absolute atomic E-state index is 0.174. The molecule has 132 valence electrons. The maximum Gasteiger partial charge on any atom is 0.408 e. The number of hydrogen-bond acceptors (Lipinski definition) is 4. The van der Waals surface area contributed by atoms with Gasteiger partial charge in [-0.3, -0.25) is 14.7 Å². The number of rotatable bonds is 4. The van der Waals surface area contributed by atoms with Crippen LogP contribution >= 0.6 is 0 Å². The number of carboxylic acid groups (broad SMARTS) is 1. The fourth-order valence-corrected chi connectivity index (χ4v) is 2.91. The first-order valence-corrected chi connectivity index (χ1v) is 8.08. The van der Waals surface area contributed by atoms with Gasteiger partial charge in [-0.1, -0.05) is 0 Å². The third kappa shape index (κ3) is 4.44. The lowest BCUT2D eigenvalue weighted by atomic mass is 9.97. The minimum atomic E-state index is -1.09. The van der Waals surface area contributed by atoms with Crippen LogP contribution in [0.5, 0.6) is 0 Å². The van der Waals surface area contributed by atoms with Crippen molar-refractivity contribution in [3.63, 3.8) is 0 Å². The van der Waals surface area contributed by atoms with Crippen molar-refractivity contribution in [1.29, 1.82) is 0 Å². The van der Waals surface area contributed by atoms with E-state index in [-0.39, 0.29) is 5.91 Å². The standard InChI is InChI=1S/C17H25N3O4/c1-17(2,3)20(16(22)23)14(12-13-4-6-18-7-5-13)15(21)19-8-10-24-11-9-19/h4-7,14H,8-12H2,1-3H3,(H,22,23)/t14-/m0/s1. The Hall–Kier alpha value is -2.15. The Morgan fingerprint density at radius 1 is 1.29 bits per heavy atom. The molecule has 0 aliphatic carbocycles. The molecule has 2 rings (SSSR count). The maximum atomic E-state index is 13.0. The Balaban J connectivity index is 2.32. The number of ether oxygens (including phenoxy) is 1. The molecule has 0 unspecified atom stereocenters. The summed E-state index contributed by atoms with van der Waals surface area (Å²) in [6.07, 6.45) is 2.52. The lowest BCUT2D eigenvalue weighted by Crippen LogP contribution is -2.59. The molecule has 7 nitrogen and oxygen atoms in total. The number of aromatic nitrogens is 1. The van der Waals surface area contributed by atoms with Crippen molar-refractivity contribution in [3.8, 4) is 0 Å². The molecule has 24 heavy (non-hydrogen) atoms. The van der Waals surface area contributed by atoms with Gasteiger partial charge in [0.25, 0.3) is 0 Å². The van der Waals surface area contributed by atoms with Gasteiger partial charge in [0.05, 0.1) is 13.2 Å². The molecule has 7 heteroatoms. The quantitative estimate of drug-likeness (QED) is 0.904. The first kappa shape index (κ1) is 18.2. The van der Waals surface area contributed by atoms with Crippen molar-refractivity contribution in [1.82, 2.24) is 14.8 Å². The largest absolute Gasteiger partial charge is 0.465 e. The first-order valence-electron chi connectivity index (χ1n) is 8.08. The van der Waals surface area contributed by atoms with Crippen LogP contribution in [0.4, 0.5) is 4.79 Å². The van der Waals surface area contributed by atoms with E-state index < -0.39 is 17.7 Å². The Bertz CT molecular complexity index is 565. The number of amides is 2. The summed E-state index contributed by atoms with van der Waals surface area (Å²) in [5.74, 6) is -0.174. The van der Waals surface area contributed by atoms with Crippen molar-refractivity contribution in [2.75, 3.05) is 26.3 Å². The van der Waals surface area contributed by atoms with Crippen molar-refractivity contribution >= 4 is 12.0 Å². The van der Waals surface area contributed by atoms with Crippen molar-refractivity contribution in [2.24, 2.45) is 0 Å². The molecule has 1 N–H and O–H groups in total. The van der Waals surface area contributed by atoms with Crippen LogP contribution < -0.4 is 0 Å². The highest BCUT2D eigenvalue weighted by Gasteiger charge is 2.39. The van der Waals surface area contributed by atoms with Crippen molar-refractivity contribution < 1.29 is 19.4 Å². The molecule has 1 aliphatic rings. The molecule has 0 radical (unpaired) electrons. The van der Waals surface area contributed by atoms with Crippen LogP contribution in [0, 0.1) is 0 Å². The summed E-state index contributed by atoms with van der Waals surface area (Å²) < 4.78 is 5.29. The molecule has 0 saturated carbocycles. The van der Waals surface area contributed by atoms with Crippen LogP contribution in [0.1, 0.15) is 26.3 Å². The van der Waals surface area contributed by atoms with E-state index in [1.807, 2.05) is 12.1 Å². The van der Waals surface area contributed by atoms with E-state index in [9.17, 15) is 14.7 Å².